The van der Waals surface area contributed by atoms with Gasteiger partial charge < -0.3 is 15.3 Å². The Morgan fingerprint density at radius 3 is 3.00 bits per heavy atom. The van der Waals surface area contributed by atoms with Gasteiger partial charge in [0.05, 0.1) is 0 Å². The van der Waals surface area contributed by atoms with Crippen molar-refractivity contribution in [3.8, 4) is 0 Å². The van der Waals surface area contributed by atoms with Crippen LogP contribution in [0.25, 0.3) is 0 Å². The van der Waals surface area contributed by atoms with E-state index in [4.69, 9.17) is 5.11 Å². The van der Waals surface area contributed by atoms with Gasteiger partial charge in [-0.3, -0.25) is 0 Å². The van der Waals surface area contributed by atoms with Crippen LogP contribution in [0.4, 0.5) is 5.82 Å². The first-order valence-electron chi connectivity index (χ1n) is 6.35. The number of aromatic nitrogens is 1. The largest absolute Gasteiger partial charge is 0.396 e. The molecule has 1 unspecified atom stereocenters. The molecule has 0 spiro atoms. The average Bonchev–Trinajstić information content (AvgIpc) is 2.86. The zero-order chi connectivity index (χ0) is 12.1. The maximum atomic E-state index is 9.12. The summed E-state index contributed by atoms with van der Waals surface area (Å²) in [6, 6.07) is 4.20. The molecule has 2 rings (SSSR count). The van der Waals surface area contributed by atoms with Crippen LogP contribution < -0.4 is 10.2 Å². The highest BCUT2D eigenvalue weighted by molar-refractivity contribution is 5.40. The second-order valence-corrected chi connectivity index (χ2v) is 4.59. The SMILES string of the molecule is CCNCc1ccc(N2CCC(CO)C2)nc1. The van der Waals surface area contributed by atoms with E-state index in [1.54, 1.807) is 0 Å². The molecule has 94 valence electrons. The summed E-state index contributed by atoms with van der Waals surface area (Å²) in [4.78, 5) is 6.73. The third-order valence-electron chi connectivity index (χ3n) is 3.26. The van der Waals surface area contributed by atoms with E-state index >= 15 is 0 Å². The van der Waals surface area contributed by atoms with E-state index in [-0.39, 0.29) is 6.61 Å². The fourth-order valence-electron chi connectivity index (χ4n) is 2.17. The van der Waals surface area contributed by atoms with Crippen LogP contribution >= 0.6 is 0 Å². The number of aliphatic hydroxyl groups is 1. The van der Waals surface area contributed by atoms with Crippen LogP contribution in [-0.2, 0) is 6.54 Å². The minimum Gasteiger partial charge on any atom is -0.396 e. The molecule has 1 aliphatic rings. The monoisotopic (exact) mass is 235 g/mol. The molecule has 2 heterocycles. The summed E-state index contributed by atoms with van der Waals surface area (Å²) in [5.74, 6) is 1.44. The summed E-state index contributed by atoms with van der Waals surface area (Å²) in [6.07, 6.45) is 3.00. The molecule has 4 nitrogen and oxygen atoms in total. The van der Waals surface area contributed by atoms with Crippen molar-refractivity contribution in [1.82, 2.24) is 10.3 Å². The molecule has 0 saturated carbocycles. The molecule has 4 heteroatoms. The van der Waals surface area contributed by atoms with Gasteiger partial charge in [0.15, 0.2) is 0 Å². The van der Waals surface area contributed by atoms with Crippen molar-refractivity contribution in [2.75, 3.05) is 31.1 Å². The molecule has 2 N–H and O–H groups in total. The van der Waals surface area contributed by atoms with Crippen LogP contribution in [0.2, 0.25) is 0 Å². The third-order valence-corrected chi connectivity index (χ3v) is 3.26. The summed E-state index contributed by atoms with van der Waals surface area (Å²) >= 11 is 0. The van der Waals surface area contributed by atoms with Gasteiger partial charge in [-0.25, -0.2) is 4.98 Å². The third kappa shape index (κ3) is 3.17. The van der Waals surface area contributed by atoms with Crippen LogP contribution in [-0.4, -0.2) is 36.3 Å². The Morgan fingerprint density at radius 2 is 2.41 bits per heavy atom. The van der Waals surface area contributed by atoms with Gasteiger partial charge in [-0.15, -0.1) is 0 Å². The highest BCUT2D eigenvalue weighted by atomic mass is 16.3. The van der Waals surface area contributed by atoms with Gasteiger partial charge in [0.25, 0.3) is 0 Å². The Kier molecular flexibility index (Phi) is 4.34. The molecule has 1 aromatic rings. The van der Waals surface area contributed by atoms with Crippen molar-refractivity contribution in [1.29, 1.82) is 0 Å². The maximum absolute atomic E-state index is 9.12. The summed E-state index contributed by atoms with van der Waals surface area (Å²) in [5.41, 5.74) is 1.22. The second-order valence-electron chi connectivity index (χ2n) is 4.59. The van der Waals surface area contributed by atoms with Crippen molar-refractivity contribution in [2.24, 2.45) is 5.92 Å². The topological polar surface area (TPSA) is 48.4 Å². The predicted octanol–water partition coefficient (Wildman–Crippen LogP) is 1.01. The Balaban J connectivity index is 1.94. The van der Waals surface area contributed by atoms with Gasteiger partial charge in [-0.05, 0) is 24.6 Å². The lowest BCUT2D eigenvalue weighted by atomic mass is 10.1. The molecule has 1 atom stereocenters. The van der Waals surface area contributed by atoms with E-state index in [2.05, 4.69) is 34.3 Å². The Bertz CT molecular complexity index is 339. The number of hydrogen-bond donors (Lipinski definition) is 2. The number of anilines is 1. The van der Waals surface area contributed by atoms with Crippen LogP contribution in [0.15, 0.2) is 18.3 Å². The molecule has 1 fully saturated rings. The maximum Gasteiger partial charge on any atom is 0.128 e. The number of rotatable bonds is 5. The summed E-state index contributed by atoms with van der Waals surface area (Å²) in [7, 11) is 0. The second kappa shape index (κ2) is 5.98. The van der Waals surface area contributed by atoms with Gasteiger partial charge in [0.2, 0.25) is 0 Å². The van der Waals surface area contributed by atoms with Gasteiger partial charge >= 0.3 is 0 Å². The molecule has 0 aromatic carbocycles. The molecule has 1 aromatic heterocycles. The van der Waals surface area contributed by atoms with Crippen molar-refractivity contribution in [2.45, 2.75) is 19.9 Å². The zero-order valence-electron chi connectivity index (χ0n) is 10.4. The number of nitrogens with zero attached hydrogens (tertiary/aromatic N) is 2. The van der Waals surface area contributed by atoms with E-state index in [0.717, 1.165) is 38.4 Å². The lowest BCUT2D eigenvalue weighted by Crippen LogP contribution is -2.21. The molecular weight excluding hydrogens is 214 g/mol. The van der Waals surface area contributed by atoms with Gasteiger partial charge in [0, 0.05) is 38.4 Å². The normalized spacial score (nSPS) is 19.9. The predicted molar refractivity (Wildman–Crippen MR) is 69.0 cm³/mol. The van der Waals surface area contributed by atoms with E-state index < -0.39 is 0 Å². The van der Waals surface area contributed by atoms with Crippen LogP contribution in [0.3, 0.4) is 0 Å². The van der Waals surface area contributed by atoms with Crippen molar-refractivity contribution in [3.05, 3.63) is 23.9 Å². The van der Waals surface area contributed by atoms with E-state index in [1.165, 1.54) is 5.56 Å². The number of nitrogens with one attached hydrogen (secondary N) is 1. The average molecular weight is 235 g/mol. The van der Waals surface area contributed by atoms with Crippen LogP contribution in [0.1, 0.15) is 18.9 Å². The Labute approximate surface area is 103 Å². The minimum atomic E-state index is 0.287. The first kappa shape index (κ1) is 12.3. The van der Waals surface area contributed by atoms with Gasteiger partial charge in [-0.2, -0.15) is 0 Å². The Morgan fingerprint density at radius 1 is 1.53 bits per heavy atom. The van der Waals surface area contributed by atoms with Crippen LogP contribution in [0.5, 0.6) is 0 Å². The zero-order valence-corrected chi connectivity index (χ0v) is 10.4. The standard InChI is InChI=1S/C13H21N3O/c1-2-14-7-11-3-4-13(15-8-11)16-6-5-12(9-16)10-17/h3-4,8,12,14,17H,2,5-7,9-10H2,1H3. The van der Waals surface area contributed by atoms with Crippen LogP contribution in [0, 0.1) is 5.92 Å². The highest BCUT2D eigenvalue weighted by Gasteiger charge is 2.22. The van der Waals surface area contributed by atoms with E-state index in [1.807, 2.05) is 6.20 Å². The summed E-state index contributed by atoms with van der Waals surface area (Å²) < 4.78 is 0. The van der Waals surface area contributed by atoms with Gasteiger partial charge in [-0.1, -0.05) is 13.0 Å². The van der Waals surface area contributed by atoms with Crippen molar-refractivity contribution in [3.63, 3.8) is 0 Å². The summed E-state index contributed by atoms with van der Waals surface area (Å²) in [6.45, 7) is 6.17. The first-order valence-corrected chi connectivity index (χ1v) is 6.35. The fraction of sp³-hybridized carbons (Fsp3) is 0.615. The highest BCUT2D eigenvalue weighted by Crippen LogP contribution is 2.21. The molecule has 1 aliphatic heterocycles. The molecule has 1 saturated heterocycles. The van der Waals surface area contributed by atoms with E-state index in [0.29, 0.717) is 5.92 Å². The lowest BCUT2D eigenvalue weighted by molar-refractivity contribution is 0.238. The lowest BCUT2D eigenvalue weighted by Gasteiger charge is -2.17. The number of pyridine rings is 1. The van der Waals surface area contributed by atoms with Crippen molar-refractivity contribution >= 4 is 5.82 Å². The summed E-state index contributed by atoms with van der Waals surface area (Å²) in [5, 5.41) is 12.4. The molecule has 0 amide bonds. The fourth-order valence-corrected chi connectivity index (χ4v) is 2.17. The first-order chi connectivity index (χ1) is 8.33. The Hall–Kier alpha value is -1.13. The van der Waals surface area contributed by atoms with Crippen molar-refractivity contribution < 1.29 is 5.11 Å². The van der Waals surface area contributed by atoms with E-state index in [9.17, 15) is 0 Å². The smallest absolute Gasteiger partial charge is 0.128 e. The quantitative estimate of drug-likeness (QED) is 0.799. The molecule has 0 aliphatic carbocycles. The van der Waals surface area contributed by atoms with Gasteiger partial charge in [0.1, 0.15) is 5.82 Å². The molecular formula is C13H21N3O. The molecule has 17 heavy (non-hydrogen) atoms. The number of hydrogen-bond acceptors (Lipinski definition) is 4. The minimum absolute atomic E-state index is 0.287. The molecule has 0 bridgehead atoms. The molecule has 0 radical (unpaired) electrons. The number of aliphatic hydroxyl groups excluding tert-OH is 1.